The van der Waals surface area contributed by atoms with E-state index in [9.17, 15) is 4.79 Å². The van der Waals surface area contributed by atoms with Crippen molar-refractivity contribution in [2.24, 2.45) is 13.0 Å². The van der Waals surface area contributed by atoms with Crippen LogP contribution in [0.15, 0.2) is 48.8 Å². The van der Waals surface area contributed by atoms with E-state index in [4.69, 9.17) is 9.47 Å². The molecule has 0 bridgehead atoms. The monoisotopic (exact) mass is 421 g/mol. The van der Waals surface area contributed by atoms with E-state index in [2.05, 4.69) is 20.7 Å². The van der Waals surface area contributed by atoms with E-state index < -0.39 is 0 Å². The lowest BCUT2D eigenvalue weighted by atomic mass is 10.2. The largest absolute Gasteiger partial charge is 0.491 e. The van der Waals surface area contributed by atoms with E-state index >= 15 is 0 Å². The molecule has 1 amide bonds. The average Bonchev–Trinajstić information content (AvgIpc) is 3.47. The first-order valence-corrected chi connectivity index (χ1v) is 10.4. The lowest BCUT2D eigenvalue weighted by molar-refractivity contribution is 0.102. The molecule has 0 radical (unpaired) electrons. The summed E-state index contributed by atoms with van der Waals surface area (Å²) in [7, 11) is 1.79. The Hall–Kier alpha value is -3.55. The van der Waals surface area contributed by atoms with E-state index in [1.54, 1.807) is 48.4 Å². The Morgan fingerprint density at radius 3 is 2.58 bits per heavy atom. The van der Waals surface area contributed by atoms with Gasteiger partial charge in [-0.2, -0.15) is 5.10 Å². The van der Waals surface area contributed by atoms with Crippen LogP contribution in [0, 0.1) is 5.92 Å². The molecule has 0 atom stereocenters. The van der Waals surface area contributed by atoms with Crippen molar-refractivity contribution in [2.45, 2.75) is 32.8 Å². The minimum absolute atomic E-state index is 0.0413. The van der Waals surface area contributed by atoms with E-state index in [1.807, 2.05) is 26.0 Å². The summed E-state index contributed by atoms with van der Waals surface area (Å²) < 4.78 is 13.4. The topological polar surface area (TPSA) is 90.3 Å². The highest BCUT2D eigenvalue weighted by molar-refractivity contribution is 6.04. The third-order valence-electron chi connectivity index (χ3n) is 4.71. The third-order valence-corrected chi connectivity index (χ3v) is 4.71. The number of carbonyl (C=O) groups is 1. The van der Waals surface area contributed by atoms with Gasteiger partial charge in [-0.15, -0.1) is 0 Å². The van der Waals surface area contributed by atoms with Gasteiger partial charge in [0.25, 0.3) is 5.91 Å². The molecule has 0 unspecified atom stereocenters. The first-order chi connectivity index (χ1) is 14.9. The molecule has 31 heavy (non-hydrogen) atoms. The molecular formula is C23H27N5O3. The first kappa shape index (κ1) is 20.7. The van der Waals surface area contributed by atoms with Crippen LogP contribution in [0.3, 0.4) is 0 Å². The van der Waals surface area contributed by atoms with Crippen molar-refractivity contribution in [3.63, 3.8) is 0 Å². The Morgan fingerprint density at radius 2 is 1.94 bits per heavy atom. The number of nitrogens with zero attached hydrogens (tertiary/aromatic N) is 3. The second-order valence-electron chi connectivity index (χ2n) is 7.99. The average molecular weight is 422 g/mol. The van der Waals surface area contributed by atoms with Gasteiger partial charge in [0.2, 0.25) is 0 Å². The minimum atomic E-state index is -0.296. The molecule has 2 aromatic heterocycles. The zero-order chi connectivity index (χ0) is 21.8. The number of carbonyl (C=O) groups excluding carboxylic acids is 1. The molecule has 8 heteroatoms. The molecule has 1 fully saturated rings. The summed E-state index contributed by atoms with van der Waals surface area (Å²) >= 11 is 0. The highest BCUT2D eigenvalue weighted by Gasteiger charge is 2.20. The van der Waals surface area contributed by atoms with Gasteiger partial charge < -0.3 is 20.1 Å². The fourth-order valence-electron chi connectivity index (χ4n) is 3.02. The predicted molar refractivity (Wildman–Crippen MR) is 119 cm³/mol. The van der Waals surface area contributed by atoms with Crippen LogP contribution in [0.2, 0.25) is 0 Å². The van der Waals surface area contributed by atoms with Crippen molar-refractivity contribution in [1.82, 2.24) is 14.8 Å². The molecule has 1 aliphatic carbocycles. The Balaban J connectivity index is 1.49. The number of aryl methyl sites for hydroxylation is 1. The summed E-state index contributed by atoms with van der Waals surface area (Å²) in [5.74, 6) is 3.40. The van der Waals surface area contributed by atoms with Crippen molar-refractivity contribution in [3.05, 3.63) is 54.4 Å². The molecule has 162 valence electrons. The number of hydrogen-bond acceptors (Lipinski definition) is 6. The second kappa shape index (κ2) is 9.07. The molecule has 1 saturated carbocycles. The number of ether oxygens (including phenoxy) is 2. The maximum absolute atomic E-state index is 12.8. The Morgan fingerprint density at radius 1 is 1.13 bits per heavy atom. The Bertz CT molecular complexity index is 1040. The number of pyridine rings is 1. The van der Waals surface area contributed by atoms with Crippen LogP contribution in [0.4, 0.5) is 11.6 Å². The van der Waals surface area contributed by atoms with Crippen molar-refractivity contribution in [2.75, 3.05) is 17.2 Å². The van der Waals surface area contributed by atoms with E-state index in [0.717, 1.165) is 18.3 Å². The maximum atomic E-state index is 12.8. The molecule has 0 aliphatic heterocycles. The molecule has 2 heterocycles. The van der Waals surface area contributed by atoms with Crippen LogP contribution in [0.1, 0.15) is 37.0 Å². The summed E-state index contributed by atoms with van der Waals surface area (Å²) in [6, 6.07) is 10.6. The molecule has 1 aromatic carbocycles. The molecule has 0 spiro atoms. The lowest BCUT2D eigenvalue weighted by Gasteiger charge is -2.14. The van der Waals surface area contributed by atoms with E-state index in [1.165, 1.54) is 12.8 Å². The number of aromatic nitrogens is 3. The minimum Gasteiger partial charge on any atom is -0.491 e. The standard InChI is InChI=1S/C23H27N5O3/c1-15(2)30-19-10-17(23(29)26-22-8-9-28(3)27-22)11-20(12-19)31-18-6-7-21(25-14-18)24-13-16-4-5-16/h6-12,14-16H,4-5,13H2,1-3H3,(H,24,25)(H,26,27,29). The molecule has 3 aromatic rings. The number of benzene rings is 1. The highest BCUT2D eigenvalue weighted by Crippen LogP contribution is 2.30. The second-order valence-corrected chi connectivity index (χ2v) is 7.99. The zero-order valence-electron chi connectivity index (χ0n) is 18.0. The van der Waals surface area contributed by atoms with Gasteiger partial charge in [-0.3, -0.25) is 9.48 Å². The van der Waals surface area contributed by atoms with Gasteiger partial charge in [0.05, 0.1) is 12.3 Å². The van der Waals surface area contributed by atoms with Gasteiger partial charge in [-0.25, -0.2) is 4.98 Å². The van der Waals surface area contributed by atoms with Gasteiger partial charge in [-0.1, -0.05) is 0 Å². The normalized spacial score (nSPS) is 13.2. The number of anilines is 2. The fraction of sp³-hybridized carbons (Fsp3) is 0.348. The van der Waals surface area contributed by atoms with Crippen molar-refractivity contribution < 1.29 is 14.3 Å². The lowest BCUT2D eigenvalue weighted by Crippen LogP contribution is -2.13. The molecule has 2 N–H and O–H groups in total. The quantitative estimate of drug-likeness (QED) is 0.530. The predicted octanol–water partition coefficient (Wildman–Crippen LogP) is 4.47. The van der Waals surface area contributed by atoms with Gasteiger partial charge in [0.15, 0.2) is 5.82 Å². The maximum Gasteiger partial charge on any atom is 0.257 e. The van der Waals surface area contributed by atoms with Gasteiger partial charge >= 0.3 is 0 Å². The smallest absolute Gasteiger partial charge is 0.257 e. The summed E-state index contributed by atoms with van der Waals surface area (Å²) in [6.07, 6.45) is 5.97. The zero-order valence-corrected chi connectivity index (χ0v) is 18.0. The van der Waals surface area contributed by atoms with Crippen molar-refractivity contribution in [1.29, 1.82) is 0 Å². The summed E-state index contributed by atoms with van der Waals surface area (Å²) in [4.78, 5) is 17.2. The number of rotatable bonds is 9. The van der Waals surface area contributed by atoms with Crippen LogP contribution >= 0.6 is 0 Å². The van der Waals surface area contributed by atoms with Crippen LogP contribution in [-0.2, 0) is 7.05 Å². The summed E-state index contributed by atoms with van der Waals surface area (Å²) in [5.41, 5.74) is 0.412. The van der Waals surface area contributed by atoms with Crippen molar-refractivity contribution >= 4 is 17.5 Å². The van der Waals surface area contributed by atoms with E-state index in [0.29, 0.717) is 28.6 Å². The van der Waals surface area contributed by atoms with Gasteiger partial charge in [0.1, 0.15) is 23.1 Å². The molecule has 1 aliphatic rings. The Kier molecular flexibility index (Phi) is 6.06. The summed E-state index contributed by atoms with van der Waals surface area (Å²) in [6.45, 7) is 4.81. The van der Waals surface area contributed by atoms with Crippen LogP contribution in [-0.4, -0.2) is 33.3 Å². The van der Waals surface area contributed by atoms with Crippen LogP contribution < -0.4 is 20.1 Å². The van der Waals surface area contributed by atoms with Crippen molar-refractivity contribution in [3.8, 4) is 17.2 Å². The third kappa shape index (κ3) is 5.97. The fourth-order valence-corrected chi connectivity index (χ4v) is 3.02. The first-order valence-electron chi connectivity index (χ1n) is 10.4. The van der Waals surface area contributed by atoms with Gasteiger partial charge in [0, 0.05) is 37.5 Å². The van der Waals surface area contributed by atoms with E-state index in [-0.39, 0.29) is 12.0 Å². The highest BCUT2D eigenvalue weighted by atomic mass is 16.5. The van der Waals surface area contributed by atoms with Crippen LogP contribution in [0.5, 0.6) is 17.2 Å². The number of hydrogen-bond donors (Lipinski definition) is 2. The molecule has 4 rings (SSSR count). The summed E-state index contributed by atoms with van der Waals surface area (Å²) in [5, 5.41) is 10.3. The van der Waals surface area contributed by atoms with Gasteiger partial charge in [-0.05, 0) is 56.9 Å². The number of amides is 1. The molecule has 0 saturated heterocycles. The number of nitrogens with one attached hydrogen (secondary N) is 2. The SMILES string of the molecule is CC(C)Oc1cc(Oc2ccc(NCC3CC3)nc2)cc(C(=O)Nc2ccn(C)n2)c1. The molecule has 8 nitrogen and oxygen atoms in total. The Labute approximate surface area is 181 Å². The van der Waals surface area contributed by atoms with Crippen LogP contribution in [0.25, 0.3) is 0 Å². The molecular weight excluding hydrogens is 394 g/mol.